The Morgan fingerprint density at radius 2 is 2.06 bits per heavy atom. The van der Waals surface area contributed by atoms with E-state index in [-0.39, 0.29) is 0 Å². The fourth-order valence-corrected chi connectivity index (χ4v) is 1.08. The quantitative estimate of drug-likeness (QED) is 0.855. The third-order valence-electron chi connectivity index (χ3n) is 1.75. The molecule has 94 valence electrons. The van der Waals surface area contributed by atoms with E-state index in [1.165, 1.54) is 13.3 Å². The van der Waals surface area contributed by atoms with Crippen molar-refractivity contribution in [1.29, 1.82) is 0 Å². The van der Waals surface area contributed by atoms with Crippen LogP contribution in [0.15, 0.2) is 6.20 Å². The average molecular weight is 239 g/mol. The number of nitrogens with one attached hydrogen (secondary N) is 1. The van der Waals surface area contributed by atoms with Gasteiger partial charge in [0, 0.05) is 0 Å². The van der Waals surface area contributed by atoms with Crippen LogP contribution in [-0.4, -0.2) is 28.8 Å². The molecule has 0 atom stereocenters. The Bertz CT molecular complexity index is 413. The van der Waals surface area contributed by atoms with E-state index in [4.69, 9.17) is 9.47 Å². The first-order valence-electron chi connectivity index (χ1n) is 5.19. The summed E-state index contributed by atoms with van der Waals surface area (Å²) in [4.78, 5) is 19.6. The number of methoxy groups -OCH3 is 1. The molecule has 0 aliphatic rings. The van der Waals surface area contributed by atoms with Crippen LogP contribution in [0.25, 0.3) is 0 Å². The molecule has 0 bridgehead atoms. The maximum Gasteiger partial charge on any atom is 0.413 e. The van der Waals surface area contributed by atoms with E-state index < -0.39 is 11.7 Å². The fraction of sp³-hybridized carbons (Fsp3) is 0.545. The molecule has 1 rings (SSSR count). The van der Waals surface area contributed by atoms with Crippen molar-refractivity contribution >= 4 is 11.9 Å². The van der Waals surface area contributed by atoms with E-state index >= 15 is 0 Å². The lowest BCUT2D eigenvalue weighted by molar-refractivity contribution is 0.0635. The number of carbonyl (C=O) groups excluding carboxylic acids is 1. The molecule has 6 nitrogen and oxygen atoms in total. The Labute approximate surface area is 100 Å². The number of amides is 1. The van der Waals surface area contributed by atoms with Crippen LogP contribution in [0.5, 0.6) is 5.88 Å². The Morgan fingerprint density at radius 1 is 1.41 bits per heavy atom. The zero-order valence-electron chi connectivity index (χ0n) is 10.7. The summed E-state index contributed by atoms with van der Waals surface area (Å²) in [6, 6.07) is 0. The summed E-state index contributed by atoms with van der Waals surface area (Å²) in [5.41, 5.74) is 0.0212. The molecule has 0 aromatic carbocycles. The second-order valence-corrected chi connectivity index (χ2v) is 4.47. The first kappa shape index (κ1) is 13.2. The molecule has 1 aromatic rings. The second-order valence-electron chi connectivity index (χ2n) is 4.47. The predicted molar refractivity (Wildman–Crippen MR) is 63.2 cm³/mol. The van der Waals surface area contributed by atoms with Crippen molar-refractivity contribution in [3.8, 4) is 5.88 Å². The molecule has 0 radical (unpaired) electrons. The molecule has 1 aromatic heterocycles. The van der Waals surface area contributed by atoms with E-state index in [9.17, 15) is 4.79 Å². The predicted octanol–water partition coefficient (Wildman–Crippen LogP) is 2.14. The Balaban J connectivity index is 2.72. The van der Waals surface area contributed by atoms with E-state index in [0.717, 1.165) is 0 Å². The minimum absolute atomic E-state index is 0.361. The molecule has 17 heavy (non-hydrogen) atoms. The van der Waals surface area contributed by atoms with E-state index in [2.05, 4.69) is 15.3 Å². The van der Waals surface area contributed by atoms with Crippen LogP contribution in [-0.2, 0) is 4.74 Å². The lowest BCUT2D eigenvalue weighted by Crippen LogP contribution is -2.27. The smallest absolute Gasteiger partial charge is 0.413 e. The summed E-state index contributed by atoms with van der Waals surface area (Å²) in [6.45, 7) is 7.10. The summed E-state index contributed by atoms with van der Waals surface area (Å²) in [5, 5.41) is 2.53. The van der Waals surface area contributed by atoms with Crippen molar-refractivity contribution in [2.45, 2.75) is 33.3 Å². The molecule has 0 aliphatic carbocycles. The molecular weight excluding hydrogens is 222 g/mol. The van der Waals surface area contributed by atoms with Crippen LogP contribution in [0, 0.1) is 6.92 Å². The Morgan fingerprint density at radius 3 is 2.53 bits per heavy atom. The fourth-order valence-electron chi connectivity index (χ4n) is 1.08. The van der Waals surface area contributed by atoms with Crippen molar-refractivity contribution in [3.05, 3.63) is 11.9 Å². The number of hydrogen-bond donors (Lipinski definition) is 1. The highest BCUT2D eigenvalue weighted by molar-refractivity contribution is 5.84. The molecule has 0 saturated heterocycles. The molecular formula is C11H17N3O3. The zero-order valence-corrected chi connectivity index (χ0v) is 10.7. The van der Waals surface area contributed by atoms with Gasteiger partial charge in [0.2, 0.25) is 5.88 Å². The highest BCUT2D eigenvalue weighted by Gasteiger charge is 2.17. The van der Waals surface area contributed by atoms with Crippen LogP contribution in [0.2, 0.25) is 0 Å². The normalized spacial score (nSPS) is 10.9. The van der Waals surface area contributed by atoms with Gasteiger partial charge in [-0.1, -0.05) is 0 Å². The molecule has 1 amide bonds. The van der Waals surface area contributed by atoms with Crippen LogP contribution in [0.3, 0.4) is 0 Å². The number of rotatable bonds is 2. The van der Waals surface area contributed by atoms with Gasteiger partial charge < -0.3 is 9.47 Å². The van der Waals surface area contributed by atoms with Gasteiger partial charge in [0.25, 0.3) is 0 Å². The minimum Gasteiger partial charge on any atom is -0.480 e. The molecule has 0 fully saturated rings. The maximum absolute atomic E-state index is 11.5. The van der Waals surface area contributed by atoms with E-state index in [1.54, 1.807) is 27.7 Å². The van der Waals surface area contributed by atoms with Gasteiger partial charge >= 0.3 is 6.09 Å². The molecule has 0 unspecified atom stereocenters. The lowest BCUT2D eigenvalue weighted by Gasteiger charge is -2.19. The number of nitrogens with zero attached hydrogens (tertiary/aromatic N) is 2. The summed E-state index contributed by atoms with van der Waals surface area (Å²) in [5.74, 6) is 0.761. The van der Waals surface area contributed by atoms with Crippen LogP contribution in [0.4, 0.5) is 10.6 Å². The summed E-state index contributed by atoms with van der Waals surface area (Å²) in [6.07, 6.45) is 0.875. The van der Waals surface area contributed by atoms with Crippen molar-refractivity contribution < 1.29 is 14.3 Å². The third-order valence-corrected chi connectivity index (χ3v) is 1.75. The number of aromatic nitrogens is 2. The van der Waals surface area contributed by atoms with Gasteiger partial charge in [-0.25, -0.2) is 14.8 Å². The molecule has 1 heterocycles. The summed E-state index contributed by atoms with van der Waals surface area (Å²) in [7, 11) is 1.50. The van der Waals surface area contributed by atoms with Gasteiger partial charge in [-0.05, 0) is 27.7 Å². The monoisotopic (exact) mass is 239 g/mol. The third kappa shape index (κ3) is 4.26. The van der Waals surface area contributed by atoms with Crippen LogP contribution < -0.4 is 10.1 Å². The molecule has 0 saturated carbocycles. The number of ether oxygens (including phenoxy) is 2. The Hall–Kier alpha value is -1.85. The molecule has 1 N–H and O–H groups in total. The van der Waals surface area contributed by atoms with Gasteiger partial charge in [-0.15, -0.1) is 0 Å². The van der Waals surface area contributed by atoms with Crippen molar-refractivity contribution in [1.82, 2.24) is 9.97 Å². The number of hydrogen-bond acceptors (Lipinski definition) is 5. The number of anilines is 1. The zero-order chi connectivity index (χ0) is 13.1. The van der Waals surface area contributed by atoms with Crippen molar-refractivity contribution in [2.75, 3.05) is 12.4 Å². The molecule has 0 aliphatic heterocycles. The highest BCUT2D eigenvalue weighted by Crippen LogP contribution is 2.14. The van der Waals surface area contributed by atoms with Gasteiger partial charge in [-0.2, -0.15) is 0 Å². The second kappa shape index (κ2) is 4.99. The van der Waals surface area contributed by atoms with Gasteiger partial charge in [0.05, 0.1) is 19.0 Å². The van der Waals surface area contributed by atoms with Gasteiger partial charge in [0.15, 0.2) is 5.82 Å². The molecule has 6 heteroatoms. The largest absolute Gasteiger partial charge is 0.480 e. The first-order chi connectivity index (χ1) is 7.81. The number of carbonyl (C=O) groups is 1. The maximum atomic E-state index is 11.5. The van der Waals surface area contributed by atoms with Crippen LogP contribution >= 0.6 is 0 Å². The SMILES string of the molecule is COc1cnc(NC(=O)OC(C)(C)C)c(C)n1. The Kier molecular flexibility index (Phi) is 3.88. The van der Waals surface area contributed by atoms with Gasteiger partial charge in [-0.3, -0.25) is 5.32 Å². The van der Waals surface area contributed by atoms with Crippen LogP contribution in [0.1, 0.15) is 26.5 Å². The number of aryl methyl sites for hydroxylation is 1. The topological polar surface area (TPSA) is 73.3 Å². The van der Waals surface area contributed by atoms with Gasteiger partial charge in [0.1, 0.15) is 5.60 Å². The average Bonchev–Trinajstić information content (AvgIpc) is 2.18. The van der Waals surface area contributed by atoms with Crippen molar-refractivity contribution in [2.24, 2.45) is 0 Å². The first-order valence-corrected chi connectivity index (χ1v) is 5.19. The summed E-state index contributed by atoms with van der Waals surface area (Å²) >= 11 is 0. The minimum atomic E-state index is -0.555. The summed E-state index contributed by atoms with van der Waals surface area (Å²) < 4.78 is 10.0. The van der Waals surface area contributed by atoms with E-state index in [0.29, 0.717) is 17.4 Å². The standard InChI is InChI=1S/C11H17N3O3/c1-7-9(12-6-8(13-7)16-5)14-10(15)17-11(2,3)4/h6H,1-5H3,(H,12,14,15). The highest BCUT2D eigenvalue weighted by atomic mass is 16.6. The lowest BCUT2D eigenvalue weighted by atomic mass is 10.2. The van der Waals surface area contributed by atoms with Crippen molar-refractivity contribution in [3.63, 3.8) is 0 Å². The van der Waals surface area contributed by atoms with E-state index in [1.807, 2.05) is 0 Å². The molecule has 0 spiro atoms.